The van der Waals surface area contributed by atoms with Crippen molar-refractivity contribution in [3.05, 3.63) is 81.7 Å². The molecule has 7 nitrogen and oxygen atoms in total. The fourth-order valence-corrected chi connectivity index (χ4v) is 4.24. The summed E-state index contributed by atoms with van der Waals surface area (Å²) in [7, 11) is 5.78. The number of carbonyl (C=O) groups excluding carboxylic acids is 1. The molecule has 4 aromatic rings. The Labute approximate surface area is 201 Å². The average molecular weight is 480 g/mol. The molecule has 0 saturated heterocycles. The molecule has 1 heterocycles. The summed E-state index contributed by atoms with van der Waals surface area (Å²) in [6, 6.07) is 17.3. The highest BCUT2D eigenvalue weighted by molar-refractivity contribution is 6.32. The van der Waals surface area contributed by atoms with Gasteiger partial charge in [0.25, 0.3) is 5.56 Å². The van der Waals surface area contributed by atoms with Gasteiger partial charge in [-0.25, -0.2) is 4.79 Å². The molecule has 1 aromatic heterocycles. The van der Waals surface area contributed by atoms with E-state index in [1.807, 2.05) is 0 Å². The van der Waals surface area contributed by atoms with E-state index in [4.69, 9.17) is 30.5 Å². The summed E-state index contributed by atoms with van der Waals surface area (Å²) in [6.45, 7) is 0. The second kappa shape index (κ2) is 9.49. The summed E-state index contributed by atoms with van der Waals surface area (Å²) in [4.78, 5) is 26.9. The van der Waals surface area contributed by atoms with E-state index in [2.05, 4.69) is 0 Å². The Morgan fingerprint density at radius 2 is 1.41 bits per heavy atom. The van der Waals surface area contributed by atoms with Crippen LogP contribution in [-0.2, 0) is 4.74 Å². The molecule has 4 rings (SSSR count). The molecule has 0 spiro atoms. The number of ether oxygens (including phenoxy) is 4. The summed E-state index contributed by atoms with van der Waals surface area (Å²) in [6.07, 6.45) is 0. The second-order valence-corrected chi connectivity index (χ2v) is 7.67. The number of carbonyl (C=O) groups is 1. The zero-order valence-electron chi connectivity index (χ0n) is 19.0. The molecular formula is C26H22ClNO6. The fourth-order valence-electron chi connectivity index (χ4n) is 4.02. The van der Waals surface area contributed by atoms with Crippen LogP contribution in [0.1, 0.15) is 10.5 Å². The van der Waals surface area contributed by atoms with E-state index in [9.17, 15) is 9.59 Å². The fraction of sp³-hybridized carbons (Fsp3) is 0.154. The van der Waals surface area contributed by atoms with E-state index < -0.39 is 11.5 Å². The molecule has 0 fully saturated rings. The van der Waals surface area contributed by atoms with Crippen molar-refractivity contribution in [2.24, 2.45) is 0 Å². The summed E-state index contributed by atoms with van der Waals surface area (Å²) >= 11 is 6.47. The first-order valence-electron chi connectivity index (χ1n) is 10.3. The van der Waals surface area contributed by atoms with Gasteiger partial charge in [0.2, 0.25) is 5.75 Å². The van der Waals surface area contributed by atoms with Crippen molar-refractivity contribution >= 4 is 28.3 Å². The Morgan fingerprint density at radius 3 is 1.97 bits per heavy atom. The van der Waals surface area contributed by atoms with Crippen molar-refractivity contribution in [1.29, 1.82) is 0 Å². The van der Waals surface area contributed by atoms with E-state index >= 15 is 0 Å². The van der Waals surface area contributed by atoms with Gasteiger partial charge in [-0.3, -0.25) is 9.36 Å². The number of rotatable bonds is 6. The molecule has 0 aliphatic heterocycles. The topological polar surface area (TPSA) is 76.0 Å². The van der Waals surface area contributed by atoms with Crippen LogP contribution >= 0.6 is 11.6 Å². The third kappa shape index (κ3) is 3.74. The lowest BCUT2D eigenvalue weighted by Gasteiger charge is -2.21. The monoisotopic (exact) mass is 479 g/mol. The maximum atomic E-state index is 13.7. The third-order valence-electron chi connectivity index (χ3n) is 5.52. The zero-order chi connectivity index (χ0) is 24.4. The highest BCUT2D eigenvalue weighted by atomic mass is 35.5. The third-order valence-corrected chi connectivity index (χ3v) is 5.84. The van der Waals surface area contributed by atoms with Gasteiger partial charge >= 0.3 is 5.97 Å². The van der Waals surface area contributed by atoms with Crippen LogP contribution in [0.25, 0.3) is 27.6 Å². The highest BCUT2D eigenvalue weighted by Crippen LogP contribution is 2.43. The largest absolute Gasteiger partial charge is 0.493 e. The molecule has 174 valence electrons. The predicted octanol–water partition coefficient (Wildman–Crippen LogP) is 5.12. The SMILES string of the molecule is COC(=O)c1c(-c2cc(OC)c(OC)c(OC)c2)c2ccccc2c(=O)n1-c1ccccc1Cl. The minimum absolute atomic E-state index is 0.0218. The van der Waals surface area contributed by atoms with E-state index in [0.717, 1.165) is 0 Å². The number of para-hydroxylation sites is 1. The van der Waals surface area contributed by atoms with Crippen LogP contribution < -0.4 is 19.8 Å². The number of fused-ring (bicyclic) bond motifs is 1. The van der Waals surface area contributed by atoms with Crippen molar-refractivity contribution < 1.29 is 23.7 Å². The Morgan fingerprint density at radius 1 is 0.824 bits per heavy atom. The van der Waals surface area contributed by atoms with E-state index in [0.29, 0.717) is 49.9 Å². The molecule has 0 bridgehead atoms. The molecule has 8 heteroatoms. The van der Waals surface area contributed by atoms with Gasteiger partial charge in [-0.1, -0.05) is 41.9 Å². The Kier molecular flexibility index (Phi) is 6.47. The number of halogens is 1. The molecule has 0 aliphatic rings. The summed E-state index contributed by atoms with van der Waals surface area (Å²) in [5.74, 6) is 0.489. The average Bonchev–Trinajstić information content (AvgIpc) is 2.87. The van der Waals surface area contributed by atoms with Crippen LogP contribution in [0.5, 0.6) is 17.2 Å². The van der Waals surface area contributed by atoms with Crippen molar-refractivity contribution in [3.8, 4) is 34.1 Å². The van der Waals surface area contributed by atoms with E-state index in [1.54, 1.807) is 60.7 Å². The van der Waals surface area contributed by atoms with E-state index in [1.165, 1.54) is 33.0 Å². The summed E-state index contributed by atoms with van der Waals surface area (Å²) in [5, 5.41) is 1.27. The van der Waals surface area contributed by atoms with Crippen LogP contribution in [0.3, 0.4) is 0 Å². The molecular weight excluding hydrogens is 458 g/mol. The first-order chi connectivity index (χ1) is 16.5. The normalized spacial score (nSPS) is 10.7. The van der Waals surface area contributed by atoms with Crippen molar-refractivity contribution in [3.63, 3.8) is 0 Å². The smallest absolute Gasteiger partial charge is 0.355 e. The van der Waals surface area contributed by atoms with Gasteiger partial charge in [0.1, 0.15) is 5.69 Å². The van der Waals surface area contributed by atoms with E-state index in [-0.39, 0.29) is 5.69 Å². The second-order valence-electron chi connectivity index (χ2n) is 7.27. The van der Waals surface area contributed by atoms with Crippen LogP contribution in [0, 0.1) is 0 Å². The molecule has 0 saturated carbocycles. The number of nitrogens with zero attached hydrogens (tertiary/aromatic N) is 1. The number of hydrogen-bond acceptors (Lipinski definition) is 6. The van der Waals surface area contributed by atoms with Crippen molar-refractivity contribution in [1.82, 2.24) is 4.57 Å². The lowest BCUT2D eigenvalue weighted by Crippen LogP contribution is -2.27. The zero-order valence-corrected chi connectivity index (χ0v) is 19.8. The molecule has 0 aliphatic carbocycles. The summed E-state index contributed by atoms with van der Waals surface area (Å²) in [5.41, 5.74) is 0.996. The van der Waals surface area contributed by atoms with Gasteiger partial charge in [0.05, 0.1) is 39.1 Å². The Balaban J connectivity index is 2.26. The first kappa shape index (κ1) is 23.2. The number of esters is 1. The van der Waals surface area contributed by atoms with Crippen LogP contribution in [0.4, 0.5) is 0 Å². The van der Waals surface area contributed by atoms with Gasteiger partial charge < -0.3 is 18.9 Å². The van der Waals surface area contributed by atoms with Gasteiger partial charge in [-0.15, -0.1) is 0 Å². The maximum absolute atomic E-state index is 13.7. The molecule has 0 amide bonds. The quantitative estimate of drug-likeness (QED) is 0.357. The van der Waals surface area contributed by atoms with Crippen molar-refractivity contribution in [2.45, 2.75) is 0 Å². The molecule has 34 heavy (non-hydrogen) atoms. The van der Waals surface area contributed by atoms with Gasteiger partial charge in [0.15, 0.2) is 11.5 Å². The van der Waals surface area contributed by atoms with Crippen LogP contribution in [0.15, 0.2) is 65.5 Å². The first-order valence-corrected chi connectivity index (χ1v) is 10.7. The Bertz CT molecular complexity index is 1430. The van der Waals surface area contributed by atoms with Gasteiger partial charge in [-0.2, -0.15) is 0 Å². The highest BCUT2D eigenvalue weighted by Gasteiger charge is 2.27. The standard InChI is InChI=1S/C26H22ClNO6/c1-31-20-13-15(14-21(32-2)24(20)33-3)22-16-9-5-6-10-17(16)25(29)28(23(22)26(30)34-4)19-12-8-7-11-18(19)27/h5-14H,1-4H3. The minimum atomic E-state index is -0.702. The van der Waals surface area contributed by atoms with Crippen LogP contribution in [0.2, 0.25) is 5.02 Å². The predicted molar refractivity (Wildman–Crippen MR) is 131 cm³/mol. The molecule has 3 aromatic carbocycles. The summed E-state index contributed by atoms with van der Waals surface area (Å²) < 4.78 is 22.9. The number of aromatic nitrogens is 1. The van der Waals surface area contributed by atoms with Gasteiger partial charge in [-0.05, 0) is 41.3 Å². The minimum Gasteiger partial charge on any atom is -0.493 e. The number of pyridine rings is 1. The molecule has 0 atom stereocenters. The number of hydrogen-bond donors (Lipinski definition) is 0. The number of benzene rings is 3. The number of methoxy groups -OCH3 is 4. The van der Waals surface area contributed by atoms with Crippen molar-refractivity contribution in [2.75, 3.05) is 28.4 Å². The maximum Gasteiger partial charge on any atom is 0.355 e. The Hall–Kier alpha value is -3.97. The molecule has 0 radical (unpaired) electrons. The van der Waals surface area contributed by atoms with Gasteiger partial charge in [0, 0.05) is 10.9 Å². The lowest BCUT2D eigenvalue weighted by atomic mass is 9.95. The lowest BCUT2D eigenvalue weighted by molar-refractivity contribution is 0.0591. The molecule has 0 unspecified atom stereocenters. The molecule has 0 N–H and O–H groups in total. The van der Waals surface area contributed by atoms with Crippen LogP contribution in [-0.4, -0.2) is 39.0 Å².